The number of non-ortho nitro benzene ring substituents is 1. The van der Waals surface area contributed by atoms with Crippen molar-refractivity contribution in [1.82, 2.24) is 0 Å². The summed E-state index contributed by atoms with van der Waals surface area (Å²) in [5.74, 6) is -2.79. The molecule has 0 unspecified atom stereocenters. The van der Waals surface area contributed by atoms with Gasteiger partial charge in [-0.3, -0.25) is 10.1 Å². The molecule has 2 aromatic rings. The second-order valence-electron chi connectivity index (χ2n) is 3.76. The molecule has 2 aromatic carbocycles. The Bertz CT molecular complexity index is 671. The minimum atomic E-state index is -1.09. The smallest absolute Gasteiger partial charge is 0.346 e. The fourth-order valence-electron chi connectivity index (χ4n) is 1.45. The van der Waals surface area contributed by atoms with E-state index in [1.165, 1.54) is 12.1 Å². The summed E-state index contributed by atoms with van der Waals surface area (Å²) in [5.41, 5.74) is -0.731. The number of halogens is 2. The summed E-state index contributed by atoms with van der Waals surface area (Å²) in [7, 11) is 0. The third kappa shape index (κ3) is 2.94. The molecule has 0 saturated heterocycles. The molecule has 7 heteroatoms. The molecule has 0 aliphatic rings. The number of nitrogens with zero attached hydrogens (tertiary/aromatic N) is 1. The summed E-state index contributed by atoms with van der Waals surface area (Å²) < 4.78 is 31.1. The lowest BCUT2D eigenvalue weighted by Gasteiger charge is -2.05. The van der Waals surface area contributed by atoms with E-state index in [4.69, 9.17) is 4.74 Å². The van der Waals surface area contributed by atoms with Crippen LogP contribution in [0.25, 0.3) is 0 Å². The monoisotopic (exact) mass is 279 g/mol. The summed E-state index contributed by atoms with van der Waals surface area (Å²) >= 11 is 0. The number of carbonyl (C=O) groups excluding carboxylic acids is 1. The zero-order chi connectivity index (χ0) is 14.7. The van der Waals surface area contributed by atoms with Gasteiger partial charge in [0.1, 0.15) is 17.4 Å². The number of nitro groups is 1. The third-order valence-electron chi connectivity index (χ3n) is 2.41. The average molecular weight is 279 g/mol. The van der Waals surface area contributed by atoms with E-state index in [9.17, 15) is 23.7 Å². The molecule has 2 rings (SSSR count). The van der Waals surface area contributed by atoms with Crippen LogP contribution < -0.4 is 4.74 Å². The van der Waals surface area contributed by atoms with Crippen molar-refractivity contribution in [3.05, 3.63) is 69.8 Å². The van der Waals surface area contributed by atoms with E-state index in [2.05, 4.69) is 0 Å². The third-order valence-corrected chi connectivity index (χ3v) is 2.41. The van der Waals surface area contributed by atoms with Crippen molar-refractivity contribution in [2.45, 2.75) is 0 Å². The van der Waals surface area contributed by atoms with Gasteiger partial charge in [0.05, 0.1) is 10.5 Å². The van der Waals surface area contributed by atoms with Crippen LogP contribution in [0.2, 0.25) is 0 Å². The largest absolute Gasteiger partial charge is 0.423 e. The topological polar surface area (TPSA) is 69.4 Å². The minimum absolute atomic E-state index is 0.00994. The van der Waals surface area contributed by atoms with Crippen molar-refractivity contribution in [2.75, 3.05) is 0 Å². The van der Waals surface area contributed by atoms with E-state index in [0.29, 0.717) is 6.07 Å². The molecule has 0 spiro atoms. The van der Waals surface area contributed by atoms with Crippen LogP contribution >= 0.6 is 0 Å². The molecule has 0 radical (unpaired) electrons. The van der Waals surface area contributed by atoms with Crippen LogP contribution in [-0.4, -0.2) is 10.9 Å². The summed E-state index contributed by atoms with van der Waals surface area (Å²) in [6, 6.07) is 7.03. The maximum absolute atomic E-state index is 13.3. The first-order chi connectivity index (χ1) is 9.47. The Morgan fingerprint density at radius 1 is 1.10 bits per heavy atom. The standard InChI is InChI=1S/C13H7F2NO4/c14-8-1-6-12(15)11(7-8)13(17)20-10-4-2-9(3-5-10)16(18)19/h1-7H. The maximum Gasteiger partial charge on any atom is 0.346 e. The quantitative estimate of drug-likeness (QED) is 0.374. The summed E-state index contributed by atoms with van der Waals surface area (Å²) in [6.45, 7) is 0. The van der Waals surface area contributed by atoms with Gasteiger partial charge in [0, 0.05) is 12.1 Å². The van der Waals surface area contributed by atoms with Crippen molar-refractivity contribution < 1.29 is 23.2 Å². The zero-order valence-electron chi connectivity index (χ0n) is 9.88. The van der Waals surface area contributed by atoms with Gasteiger partial charge >= 0.3 is 5.97 Å². The first-order valence-corrected chi connectivity index (χ1v) is 5.39. The van der Waals surface area contributed by atoms with E-state index in [1.54, 1.807) is 0 Å². The number of nitro benzene ring substituents is 1. The van der Waals surface area contributed by atoms with Gasteiger partial charge in [-0.15, -0.1) is 0 Å². The van der Waals surface area contributed by atoms with Crippen molar-refractivity contribution in [2.24, 2.45) is 0 Å². The Morgan fingerprint density at radius 3 is 2.35 bits per heavy atom. The lowest BCUT2D eigenvalue weighted by molar-refractivity contribution is -0.384. The van der Waals surface area contributed by atoms with Gasteiger partial charge in [-0.25, -0.2) is 13.6 Å². The van der Waals surface area contributed by atoms with Gasteiger partial charge in [0.25, 0.3) is 5.69 Å². The predicted octanol–water partition coefficient (Wildman–Crippen LogP) is 3.09. The predicted molar refractivity (Wildman–Crippen MR) is 64.4 cm³/mol. The summed E-state index contributed by atoms with van der Waals surface area (Å²) in [5, 5.41) is 10.4. The lowest BCUT2D eigenvalue weighted by atomic mass is 10.2. The van der Waals surface area contributed by atoms with Crippen LogP contribution in [-0.2, 0) is 0 Å². The van der Waals surface area contributed by atoms with Crippen molar-refractivity contribution in [3.8, 4) is 5.75 Å². The number of benzene rings is 2. The average Bonchev–Trinajstić information content (AvgIpc) is 2.42. The number of hydrogen-bond donors (Lipinski definition) is 0. The minimum Gasteiger partial charge on any atom is -0.423 e. The fourth-order valence-corrected chi connectivity index (χ4v) is 1.45. The number of ether oxygens (including phenoxy) is 1. The molecule has 0 aliphatic carbocycles. The van der Waals surface area contributed by atoms with Gasteiger partial charge in [0.15, 0.2) is 0 Å². The van der Waals surface area contributed by atoms with Crippen molar-refractivity contribution in [1.29, 1.82) is 0 Å². The molecule has 0 heterocycles. The van der Waals surface area contributed by atoms with E-state index < -0.39 is 28.1 Å². The Morgan fingerprint density at radius 2 is 1.75 bits per heavy atom. The Balaban J connectivity index is 2.19. The number of carbonyl (C=O) groups is 1. The summed E-state index contributed by atoms with van der Waals surface area (Å²) in [4.78, 5) is 21.5. The van der Waals surface area contributed by atoms with Crippen LogP contribution in [0.4, 0.5) is 14.5 Å². The molecule has 5 nitrogen and oxygen atoms in total. The highest BCUT2D eigenvalue weighted by molar-refractivity contribution is 5.91. The molecule has 0 amide bonds. The van der Waals surface area contributed by atoms with Crippen LogP contribution in [0.1, 0.15) is 10.4 Å². The van der Waals surface area contributed by atoms with Crippen LogP contribution in [0.5, 0.6) is 5.75 Å². The molecule has 0 aromatic heterocycles. The first-order valence-electron chi connectivity index (χ1n) is 5.39. The highest BCUT2D eigenvalue weighted by atomic mass is 19.1. The molecule has 102 valence electrons. The van der Waals surface area contributed by atoms with Gasteiger partial charge in [-0.05, 0) is 30.3 Å². The van der Waals surface area contributed by atoms with Crippen molar-refractivity contribution >= 4 is 11.7 Å². The SMILES string of the molecule is O=C(Oc1ccc([N+](=O)[O-])cc1)c1cc(F)ccc1F. The summed E-state index contributed by atoms with van der Waals surface area (Å²) in [6.07, 6.45) is 0. The van der Waals surface area contributed by atoms with E-state index in [0.717, 1.165) is 24.3 Å². The first kappa shape index (κ1) is 13.6. The molecule has 20 heavy (non-hydrogen) atoms. The lowest BCUT2D eigenvalue weighted by Crippen LogP contribution is -2.11. The molecule has 0 bridgehead atoms. The zero-order valence-corrected chi connectivity index (χ0v) is 9.88. The van der Waals surface area contributed by atoms with E-state index in [1.807, 2.05) is 0 Å². The molecular weight excluding hydrogens is 272 g/mol. The Hall–Kier alpha value is -2.83. The van der Waals surface area contributed by atoms with Crippen LogP contribution in [0.15, 0.2) is 42.5 Å². The van der Waals surface area contributed by atoms with E-state index in [-0.39, 0.29) is 11.4 Å². The highest BCUT2D eigenvalue weighted by Gasteiger charge is 2.15. The van der Waals surface area contributed by atoms with E-state index >= 15 is 0 Å². The normalized spacial score (nSPS) is 10.1. The Labute approximate surface area is 111 Å². The van der Waals surface area contributed by atoms with Gasteiger partial charge in [-0.2, -0.15) is 0 Å². The molecular formula is C13H7F2NO4. The second kappa shape index (κ2) is 5.43. The van der Waals surface area contributed by atoms with Crippen LogP contribution in [0, 0.1) is 21.7 Å². The molecule has 0 saturated carbocycles. The molecule has 0 atom stereocenters. The number of rotatable bonds is 3. The highest BCUT2D eigenvalue weighted by Crippen LogP contribution is 2.19. The van der Waals surface area contributed by atoms with Crippen LogP contribution in [0.3, 0.4) is 0 Å². The fraction of sp³-hybridized carbons (Fsp3) is 0. The Kier molecular flexibility index (Phi) is 3.69. The van der Waals surface area contributed by atoms with Gasteiger partial charge in [0.2, 0.25) is 0 Å². The van der Waals surface area contributed by atoms with Crippen molar-refractivity contribution in [3.63, 3.8) is 0 Å². The van der Waals surface area contributed by atoms with Gasteiger partial charge in [-0.1, -0.05) is 0 Å². The van der Waals surface area contributed by atoms with Gasteiger partial charge < -0.3 is 4.74 Å². The maximum atomic E-state index is 13.3. The molecule has 0 aliphatic heterocycles. The number of hydrogen-bond acceptors (Lipinski definition) is 4. The second-order valence-corrected chi connectivity index (χ2v) is 3.76. The molecule has 0 fully saturated rings. The number of esters is 1. The molecule has 0 N–H and O–H groups in total.